The summed E-state index contributed by atoms with van der Waals surface area (Å²) in [4.78, 5) is 14.1. The Labute approximate surface area is 137 Å². The zero-order chi connectivity index (χ0) is 16.5. The van der Waals surface area contributed by atoms with Crippen molar-refractivity contribution in [2.75, 3.05) is 44.9 Å². The van der Waals surface area contributed by atoms with Crippen LogP contribution in [0.1, 0.15) is 25.7 Å². The van der Waals surface area contributed by atoms with Crippen molar-refractivity contribution in [3.63, 3.8) is 0 Å². The molecule has 2 saturated heterocycles. The number of nitrogens with zero attached hydrogens (tertiary/aromatic N) is 1. The first-order valence-corrected chi connectivity index (χ1v) is 10.3. The van der Waals surface area contributed by atoms with Gasteiger partial charge in [-0.15, -0.1) is 0 Å². The summed E-state index contributed by atoms with van der Waals surface area (Å²) in [6.07, 6.45) is 4.97. The Bertz CT molecular complexity index is 536. The van der Waals surface area contributed by atoms with Gasteiger partial charge >= 0.3 is 6.03 Å². The van der Waals surface area contributed by atoms with Gasteiger partial charge in [-0.3, -0.25) is 0 Å². The third kappa shape index (κ3) is 4.36. The number of hydrogen-bond acceptors (Lipinski definition) is 5. The summed E-state index contributed by atoms with van der Waals surface area (Å²) in [6.45, 7) is 2.97. The molecule has 0 aromatic carbocycles. The molecule has 8 heteroatoms. The van der Waals surface area contributed by atoms with Gasteiger partial charge in [0, 0.05) is 30.8 Å². The molecule has 2 heterocycles. The summed E-state index contributed by atoms with van der Waals surface area (Å²) in [7, 11) is -3.10. The van der Waals surface area contributed by atoms with Gasteiger partial charge in [-0.25, -0.2) is 13.2 Å². The average molecular weight is 346 g/mol. The quantitative estimate of drug-likeness (QED) is 0.800. The molecule has 3 rings (SSSR count). The molecule has 1 unspecified atom stereocenters. The number of carbonyl (C=O) groups excluding carboxylic acids is 1. The molecule has 3 aliphatic rings. The van der Waals surface area contributed by atoms with E-state index in [-0.39, 0.29) is 17.8 Å². The SMILES string of the molecule is CS(=O)(=O)CC1CN(C(=O)NC2CCC3(CC2)COC3)CCO1. The third-order valence-corrected chi connectivity index (χ3v) is 6.08. The lowest BCUT2D eigenvalue weighted by molar-refractivity contribution is -0.133. The highest BCUT2D eigenvalue weighted by molar-refractivity contribution is 7.90. The zero-order valence-corrected chi connectivity index (χ0v) is 14.4. The lowest BCUT2D eigenvalue weighted by Gasteiger charge is -2.46. The smallest absolute Gasteiger partial charge is 0.317 e. The zero-order valence-electron chi connectivity index (χ0n) is 13.6. The van der Waals surface area contributed by atoms with E-state index in [2.05, 4.69) is 5.32 Å². The van der Waals surface area contributed by atoms with Crippen LogP contribution in [-0.4, -0.2) is 76.4 Å². The number of urea groups is 1. The maximum absolute atomic E-state index is 12.4. The molecular formula is C15H26N2O5S. The van der Waals surface area contributed by atoms with Crippen LogP contribution in [0.15, 0.2) is 0 Å². The highest BCUT2D eigenvalue weighted by Gasteiger charge is 2.42. The second kappa shape index (κ2) is 6.57. The second-order valence-electron chi connectivity index (χ2n) is 7.25. The molecule has 0 bridgehead atoms. The monoisotopic (exact) mass is 346 g/mol. The Hall–Kier alpha value is -0.860. The summed E-state index contributed by atoms with van der Waals surface area (Å²) in [5.41, 5.74) is 0.376. The number of sulfone groups is 1. The lowest BCUT2D eigenvalue weighted by atomic mass is 9.71. The number of nitrogens with one attached hydrogen (secondary N) is 1. The highest BCUT2D eigenvalue weighted by atomic mass is 32.2. The third-order valence-electron chi connectivity index (χ3n) is 5.10. The van der Waals surface area contributed by atoms with Crippen molar-refractivity contribution in [1.82, 2.24) is 10.2 Å². The minimum Gasteiger partial charge on any atom is -0.380 e. The van der Waals surface area contributed by atoms with E-state index in [1.807, 2.05) is 0 Å². The van der Waals surface area contributed by atoms with E-state index in [9.17, 15) is 13.2 Å². The van der Waals surface area contributed by atoms with Crippen molar-refractivity contribution in [3.05, 3.63) is 0 Å². The summed E-state index contributed by atoms with van der Waals surface area (Å²) >= 11 is 0. The predicted molar refractivity (Wildman–Crippen MR) is 85.1 cm³/mol. The molecule has 0 radical (unpaired) electrons. The number of amides is 2. The van der Waals surface area contributed by atoms with Crippen molar-refractivity contribution >= 4 is 15.9 Å². The van der Waals surface area contributed by atoms with Crippen LogP contribution in [0.2, 0.25) is 0 Å². The van der Waals surface area contributed by atoms with Crippen LogP contribution in [0.3, 0.4) is 0 Å². The summed E-state index contributed by atoms with van der Waals surface area (Å²) < 4.78 is 33.5. The van der Waals surface area contributed by atoms with E-state index < -0.39 is 15.9 Å². The van der Waals surface area contributed by atoms with Crippen molar-refractivity contribution < 1.29 is 22.7 Å². The van der Waals surface area contributed by atoms with Gasteiger partial charge in [0.15, 0.2) is 0 Å². The van der Waals surface area contributed by atoms with Crippen molar-refractivity contribution in [3.8, 4) is 0 Å². The molecule has 7 nitrogen and oxygen atoms in total. The van der Waals surface area contributed by atoms with E-state index in [0.717, 1.165) is 38.9 Å². The fourth-order valence-electron chi connectivity index (χ4n) is 3.66. The van der Waals surface area contributed by atoms with Crippen LogP contribution in [0.5, 0.6) is 0 Å². The van der Waals surface area contributed by atoms with Crippen LogP contribution in [0.25, 0.3) is 0 Å². The summed E-state index contributed by atoms with van der Waals surface area (Å²) in [5.74, 6) is -0.0390. The number of ether oxygens (including phenoxy) is 2. The van der Waals surface area contributed by atoms with Crippen LogP contribution >= 0.6 is 0 Å². The number of carbonyl (C=O) groups is 1. The largest absolute Gasteiger partial charge is 0.380 e. The first kappa shape index (κ1) is 17.0. The minimum absolute atomic E-state index is 0.0390. The molecule has 0 aromatic heterocycles. The normalized spacial score (nSPS) is 28.4. The molecule has 1 N–H and O–H groups in total. The van der Waals surface area contributed by atoms with Crippen LogP contribution < -0.4 is 5.32 Å². The van der Waals surface area contributed by atoms with Gasteiger partial charge < -0.3 is 19.7 Å². The molecule has 23 heavy (non-hydrogen) atoms. The van der Waals surface area contributed by atoms with Gasteiger partial charge in [0.1, 0.15) is 9.84 Å². The highest BCUT2D eigenvalue weighted by Crippen LogP contribution is 2.42. The lowest BCUT2D eigenvalue weighted by Crippen LogP contribution is -2.54. The number of morpholine rings is 1. The maximum atomic E-state index is 12.4. The number of rotatable bonds is 3. The second-order valence-corrected chi connectivity index (χ2v) is 9.43. The molecule has 0 aromatic rings. The molecule has 1 atom stereocenters. The van der Waals surface area contributed by atoms with Gasteiger partial charge in [-0.2, -0.15) is 0 Å². The van der Waals surface area contributed by atoms with E-state index in [0.29, 0.717) is 25.1 Å². The molecular weight excluding hydrogens is 320 g/mol. The Morgan fingerprint density at radius 3 is 2.57 bits per heavy atom. The molecule has 2 amide bonds. The van der Waals surface area contributed by atoms with Crippen LogP contribution in [0, 0.1) is 5.41 Å². The van der Waals surface area contributed by atoms with Crippen molar-refractivity contribution in [2.24, 2.45) is 5.41 Å². The molecule has 1 saturated carbocycles. The summed E-state index contributed by atoms with van der Waals surface area (Å²) in [6, 6.07) is 0.113. The van der Waals surface area contributed by atoms with Gasteiger partial charge in [-0.1, -0.05) is 0 Å². The van der Waals surface area contributed by atoms with Crippen molar-refractivity contribution in [1.29, 1.82) is 0 Å². The number of hydrogen-bond donors (Lipinski definition) is 1. The Kier molecular flexibility index (Phi) is 4.85. The fourth-order valence-corrected chi connectivity index (χ4v) is 4.54. The van der Waals surface area contributed by atoms with Crippen molar-refractivity contribution in [2.45, 2.75) is 37.8 Å². The average Bonchev–Trinajstić information content (AvgIpc) is 2.45. The van der Waals surface area contributed by atoms with E-state index in [4.69, 9.17) is 9.47 Å². The van der Waals surface area contributed by atoms with Gasteiger partial charge in [0.25, 0.3) is 0 Å². The summed E-state index contributed by atoms with van der Waals surface area (Å²) in [5, 5.41) is 3.10. The van der Waals surface area contributed by atoms with Crippen LogP contribution in [0.4, 0.5) is 4.79 Å². The standard InChI is InChI=1S/C15H26N2O5S/c1-23(19,20)9-13-8-17(6-7-22-13)14(18)16-12-2-4-15(5-3-12)10-21-11-15/h12-13H,2-11H2,1H3,(H,16,18). The van der Waals surface area contributed by atoms with Gasteiger partial charge in [0.2, 0.25) is 0 Å². The Morgan fingerprint density at radius 1 is 1.30 bits per heavy atom. The van der Waals surface area contributed by atoms with E-state index in [1.54, 1.807) is 4.90 Å². The van der Waals surface area contributed by atoms with Gasteiger partial charge in [0.05, 0.1) is 31.7 Å². The Morgan fingerprint density at radius 2 is 2.00 bits per heavy atom. The topological polar surface area (TPSA) is 84.9 Å². The molecule has 132 valence electrons. The maximum Gasteiger partial charge on any atom is 0.317 e. The first-order valence-electron chi connectivity index (χ1n) is 8.28. The predicted octanol–water partition coefficient (Wildman–Crippen LogP) is 0.401. The van der Waals surface area contributed by atoms with E-state index in [1.165, 1.54) is 6.26 Å². The van der Waals surface area contributed by atoms with Crippen LogP contribution in [-0.2, 0) is 19.3 Å². The minimum atomic E-state index is -3.10. The first-order chi connectivity index (χ1) is 10.9. The fraction of sp³-hybridized carbons (Fsp3) is 0.933. The molecule has 1 aliphatic carbocycles. The Balaban J connectivity index is 1.46. The molecule has 3 fully saturated rings. The molecule has 1 spiro atoms. The van der Waals surface area contributed by atoms with Gasteiger partial charge in [-0.05, 0) is 25.7 Å². The molecule has 2 aliphatic heterocycles. The van der Waals surface area contributed by atoms with E-state index >= 15 is 0 Å².